The average molecular weight is 350 g/mol. The fraction of sp³-hybridized carbons (Fsp3) is 0.222. The van der Waals surface area contributed by atoms with Gasteiger partial charge in [0.05, 0.1) is 17.5 Å². The highest BCUT2D eigenvalue weighted by molar-refractivity contribution is 5.98. The predicted octanol–water partition coefficient (Wildman–Crippen LogP) is 4.63. The molecular weight excluding hydrogens is 333 g/mol. The molecule has 0 spiro atoms. The quantitative estimate of drug-likeness (QED) is 0.563. The number of halogens is 3. The summed E-state index contributed by atoms with van der Waals surface area (Å²) in [4.78, 5) is 9.94. The Labute approximate surface area is 143 Å². The van der Waals surface area contributed by atoms with Gasteiger partial charge >= 0.3 is 6.18 Å². The molecule has 7 heteroatoms. The lowest BCUT2D eigenvalue weighted by atomic mass is 10.1. The minimum Gasteiger partial charge on any atom is -0.399 e. The number of hydrogen-bond donors (Lipinski definition) is 0. The Kier molecular flexibility index (Phi) is 6.16. The maximum absolute atomic E-state index is 12.8. The highest BCUT2D eigenvalue weighted by Crippen LogP contribution is 2.29. The summed E-state index contributed by atoms with van der Waals surface area (Å²) in [6.07, 6.45) is -2.85. The second-order valence-corrected chi connectivity index (χ2v) is 5.14. The molecule has 2 aromatic carbocycles. The van der Waals surface area contributed by atoms with E-state index in [9.17, 15) is 13.2 Å². The van der Waals surface area contributed by atoms with Crippen molar-refractivity contribution in [3.8, 4) is 0 Å². The van der Waals surface area contributed by atoms with Gasteiger partial charge in [-0.1, -0.05) is 46.7 Å². The van der Waals surface area contributed by atoms with Gasteiger partial charge in [-0.25, -0.2) is 0 Å². The summed E-state index contributed by atoms with van der Waals surface area (Å²) >= 11 is 0. The zero-order valence-corrected chi connectivity index (χ0v) is 13.7. The summed E-state index contributed by atoms with van der Waals surface area (Å²) in [6.45, 7) is 1.75. The number of oxime groups is 2. The summed E-state index contributed by atoms with van der Waals surface area (Å²) in [5.74, 6) is 0. The number of rotatable bonds is 6. The summed E-state index contributed by atoms with van der Waals surface area (Å²) in [5.41, 5.74) is 1.61. The maximum atomic E-state index is 12.8. The van der Waals surface area contributed by atoms with E-state index in [2.05, 4.69) is 15.1 Å². The molecule has 0 saturated carbocycles. The van der Waals surface area contributed by atoms with Crippen LogP contribution in [0.5, 0.6) is 0 Å². The molecule has 2 rings (SSSR count). The maximum Gasteiger partial charge on any atom is 0.416 e. The van der Waals surface area contributed by atoms with Gasteiger partial charge in [-0.3, -0.25) is 0 Å². The Morgan fingerprint density at radius 1 is 1.12 bits per heavy atom. The summed E-state index contributed by atoms with van der Waals surface area (Å²) in [7, 11) is 1.44. The van der Waals surface area contributed by atoms with Crippen LogP contribution < -0.4 is 0 Å². The smallest absolute Gasteiger partial charge is 0.399 e. The topological polar surface area (TPSA) is 43.2 Å². The van der Waals surface area contributed by atoms with Crippen LogP contribution in [0.1, 0.15) is 29.2 Å². The predicted molar refractivity (Wildman–Crippen MR) is 89.5 cm³/mol. The number of hydrogen-bond acceptors (Lipinski definition) is 4. The lowest BCUT2D eigenvalue weighted by molar-refractivity contribution is -0.137. The minimum absolute atomic E-state index is 0.155. The van der Waals surface area contributed by atoms with Crippen molar-refractivity contribution >= 4 is 11.9 Å². The first-order valence-electron chi connectivity index (χ1n) is 7.40. The van der Waals surface area contributed by atoms with Gasteiger partial charge in [-0.15, -0.1) is 0 Å². The number of nitrogens with zero attached hydrogens (tertiary/aromatic N) is 2. The molecule has 0 N–H and O–H groups in total. The zero-order valence-electron chi connectivity index (χ0n) is 13.7. The van der Waals surface area contributed by atoms with Gasteiger partial charge in [0.2, 0.25) is 0 Å². The monoisotopic (exact) mass is 350 g/mol. The standard InChI is InChI=1S/C18H17F3N2O2/c1-13(14-8-5-9-17(10-14)18(19,20)21)23-25-12-16-7-4-3-6-15(16)11-22-24-2/h3-11H,12H2,1-2H3. The first kappa shape index (κ1) is 18.5. The van der Waals surface area contributed by atoms with Gasteiger partial charge in [-0.2, -0.15) is 13.2 Å². The lowest BCUT2D eigenvalue weighted by Gasteiger charge is -2.09. The molecule has 2 aromatic rings. The molecule has 0 heterocycles. The summed E-state index contributed by atoms with van der Waals surface area (Å²) in [6, 6.07) is 12.3. The third kappa shape index (κ3) is 5.34. The second-order valence-electron chi connectivity index (χ2n) is 5.14. The van der Waals surface area contributed by atoms with Crippen LogP contribution in [0.15, 0.2) is 58.8 Å². The second kappa shape index (κ2) is 8.32. The van der Waals surface area contributed by atoms with E-state index < -0.39 is 11.7 Å². The van der Waals surface area contributed by atoms with Crippen LogP contribution in [0.2, 0.25) is 0 Å². The van der Waals surface area contributed by atoms with E-state index in [0.717, 1.165) is 23.3 Å². The molecule has 0 radical (unpaired) electrons. The average Bonchev–Trinajstić information content (AvgIpc) is 2.60. The van der Waals surface area contributed by atoms with Crippen LogP contribution in [-0.2, 0) is 22.5 Å². The van der Waals surface area contributed by atoms with Crippen LogP contribution in [0.25, 0.3) is 0 Å². The van der Waals surface area contributed by atoms with Crippen molar-refractivity contribution in [2.24, 2.45) is 10.3 Å². The van der Waals surface area contributed by atoms with E-state index in [1.165, 1.54) is 13.2 Å². The molecule has 0 aliphatic heterocycles. The number of benzene rings is 2. The highest BCUT2D eigenvalue weighted by atomic mass is 19.4. The van der Waals surface area contributed by atoms with Crippen LogP contribution >= 0.6 is 0 Å². The van der Waals surface area contributed by atoms with Crippen LogP contribution in [0.3, 0.4) is 0 Å². The van der Waals surface area contributed by atoms with Gasteiger partial charge in [0, 0.05) is 11.1 Å². The Morgan fingerprint density at radius 3 is 2.60 bits per heavy atom. The fourth-order valence-corrected chi connectivity index (χ4v) is 2.07. The Bertz CT molecular complexity index is 771. The molecule has 0 bridgehead atoms. The minimum atomic E-state index is -4.39. The summed E-state index contributed by atoms with van der Waals surface area (Å²) < 4.78 is 38.3. The molecule has 0 aliphatic rings. The van der Waals surface area contributed by atoms with Crippen molar-refractivity contribution in [2.45, 2.75) is 19.7 Å². The molecule has 0 unspecified atom stereocenters. The molecule has 132 valence electrons. The fourth-order valence-electron chi connectivity index (χ4n) is 2.07. The van der Waals surface area contributed by atoms with Crippen LogP contribution in [-0.4, -0.2) is 19.0 Å². The van der Waals surface area contributed by atoms with Crippen molar-refractivity contribution in [1.29, 1.82) is 0 Å². The molecule has 0 atom stereocenters. The molecular formula is C18H17F3N2O2. The van der Waals surface area contributed by atoms with Gasteiger partial charge in [0.1, 0.15) is 13.7 Å². The highest BCUT2D eigenvalue weighted by Gasteiger charge is 2.30. The van der Waals surface area contributed by atoms with Crippen LogP contribution in [0.4, 0.5) is 13.2 Å². The Balaban J connectivity index is 2.09. The van der Waals surface area contributed by atoms with Crippen molar-refractivity contribution in [1.82, 2.24) is 0 Å². The van der Waals surface area contributed by atoms with Crippen molar-refractivity contribution in [3.63, 3.8) is 0 Å². The van der Waals surface area contributed by atoms with Crippen molar-refractivity contribution in [2.75, 3.05) is 7.11 Å². The Hall–Kier alpha value is -2.83. The molecule has 25 heavy (non-hydrogen) atoms. The van der Waals surface area contributed by atoms with Gasteiger partial charge in [0.15, 0.2) is 0 Å². The van der Waals surface area contributed by atoms with Crippen LogP contribution in [0, 0.1) is 0 Å². The molecule has 0 fully saturated rings. The van der Waals surface area contributed by atoms with Crippen molar-refractivity contribution in [3.05, 3.63) is 70.8 Å². The molecule has 0 aliphatic carbocycles. The Morgan fingerprint density at radius 2 is 1.88 bits per heavy atom. The van der Waals surface area contributed by atoms with E-state index >= 15 is 0 Å². The third-order valence-electron chi connectivity index (χ3n) is 3.38. The molecule has 0 saturated heterocycles. The molecule has 4 nitrogen and oxygen atoms in total. The molecule has 0 aromatic heterocycles. The van der Waals surface area contributed by atoms with E-state index in [4.69, 9.17) is 4.84 Å². The zero-order chi connectivity index (χ0) is 18.3. The van der Waals surface area contributed by atoms with Gasteiger partial charge in [-0.05, 0) is 24.6 Å². The largest absolute Gasteiger partial charge is 0.416 e. The van der Waals surface area contributed by atoms with Crippen molar-refractivity contribution < 1.29 is 22.8 Å². The van der Waals surface area contributed by atoms with Gasteiger partial charge in [0.25, 0.3) is 0 Å². The van der Waals surface area contributed by atoms with E-state index in [1.54, 1.807) is 19.2 Å². The van der Waals surface area contributed by atoms with E-state index in [0.29, 0.717) is 11.3 Å². The lowest BCUT2D eigenvalue weighted by Crippen LogP contribution is -2.07. The third-order valence-corrected chi connectivity index (χ3v) is 3.38. The SMILES string of the molecule is CON=Cc1ccccc1CON=C(C)c1cccc(C(F)(F)F)c1. The first-order chi connectivity index (χ1) is 11.9. The normalized spacial score (nSPS) is 12.4. The summed E-state index contributed by atoms with van der Waals surface area (Å²) in [5, 5.41) is 7.61. The first-order valence-corrected chi connectivity index (χ1v) is 7.40. The van der Waals surface area contributed by atoms with E-state index in [-0.39, 0.29) is 6.61 Å². The number of alkyl halides is 3. The van der Waals surface area contributed by atoms with E-state index in [1.807, 2.05) is 24.3 Å². The van der Waals surface area contributed by atoms with Gasteiger partial charge < -0.3 is 9.68 Å². The molecule has 0 amide bonds.